The molecule has 3 atom stereocenters. The van der Waals surface area contributed by atoms with Crippen molar-refractivity contribution in [3.05, 3.63) is 18.2 Å². The summed E-state index contributed by atoms with van der Waals surface area (Å²) in [6.45, 7) is 5.71. The van der Waals surface area contributed by atoms with Crippen molar-refractivity contribution < 1.29 is 10.2 Å². The lowest BCUT2D eigenvalue weighted by Gasteiger charge is -2.44. The summed E-state index contributed by atoms with van der Waals surface area (Å²) in [5.41, 5.74) is -0.447. The van der Waals surface area contributed by atoms with Crippen LogP contribution in [0, 0.1) is 0 Å². The van der Waals surface area contributed by atoms with E-state index in [2.05, 4.69) is 27.1 Å². The summed E-state index contributed by atoms with van der Waals surface area (Å²) in [6, 6.07) is 0. The minimum absolute atomic E-state index is 0.00245. The van der Waals surface area contributed by atoms with Gasteiger partial charge in [0.25, 0.3) is 0 Å². The maximum absolute atomic E-state index is 10.4. The number of hydrogen-bond acceptors (Lipinski definition) is 5. The van der Waals surface area contributed by atoms with Crippen molar-refractivity contribution in [2.45, 2.75) is 134 Å². The number of H-pyrrole nitrogens is 1. The van der Waals surface area contributed by atoms with Gasteiger partial charge in [0.1, 0.15) is 12.1 Å². The Morgan fingerprint density at radius 2 is 1.48 bits per heavy atom. The third-order valence-electron chi connectivity index (χ3n) is 7.52. The first-order valence-electron chi connectivity index (χ1n) is 14.0. The van der Waals surface area contributed by atoms with Gasteiger partial charge in [-0.2, -0.15) is 0 Å². The number of nitrogens with zero attached hydrogens (tertiary/aromatic N) is 2. The Bertz CT molecular complexity index is 581. The Balaban J connectivity index is 1.62. The first-order valence-corrected chi connectivity index (χ1v) is 14.0. The highest BCUT2D eigenvalue weighted by Crippen LogP contribution is 2.37. The Morgan fingerprint density at radius 3 is 1.94 bits per heavy atom. The molecular formula is C27H52N4O2. The lowest BCUT2D eigenvalue weighted by atomic mass is 9.86. The van der Waals surface area contributed by atoms with Crippen LogP contribution in [-0.2, 0) is 0 Å². The number of unbranched alkanes of at least 4 members (excludes halogenated alkanes) is 14. The lowest BCUT2D eigenvalue weighted by molar-refractivity contribution is -0.0654. The first-order chi connectivity index (χ1) is 16.2. The van der Waals surface area contributed by atoms with Crippen LogP contribution in [0.15, 0.2) is 12.4 Å². The van der Waals surface area contributed by atoms with Crippen molar-refractivity contribution >= 4 is 0 Å². The van der Waals surface area contributed by atoms with Gasteiger partial charge in [-0.1, -0.05) is 103 Å². The molecule has 1 aromatic heterocycles. The Hall–Kier alpha value is -0.950. The number of aliphatic hydroxyl groups excluding tert-OH is 2. The summed E-state index contributed by atoms with van der Waals surface area (Å²) in [6.07, 6.45) is 24.2. The molecule has 0 aromatic carbocycles. The topological polar surface area (TPSA) is 84.4 Å². The predicted octanol–water partition coefficient (Wildman–Crippen LogP) is 5.69. The molecule has 1 fully saturated rings. The second-order valence-corrected chi connectivity index (χ2v) is 10.1. The Labute approximate surface area is 203 Å². The van der Waals surface area contributed by atoms with Crippen LogP contribution in [0.1, 0.15) is 128 Å². The summed E-state index contributed by atoms with van der Waals surface area (Å²) >= 11 is 0. The number of aromatic nitrogens is 2. The van der Waals surface area contributed by atoms with Crippen LogP contribution in [0.25, 0.3) is 0 Å². The van der Waals surface area contributed by atoms with E-state index < -0.39 is 11.9 Å². The fourth-order valence-electron chi connectivity index (χ4n) is 5.64. The Kier molecular flexibility index (Phi) is 14.3. The molecule has 6 nitrogen and oxygen atoms in total. The summed E-state index contributed by atoms with van der Waals surface area (Å²) in [5, 5.41) is 24.3. The largest absolute Gasteiger partial charge is 0.395 e. The maximum atomic E-state index is 10.4. The predicted molar refractivity (Wildman–Crippen MR) is 137 cm³/mol. The molecule has 1 aliphatic rings. The van der Waals surface area contributed by atoms with E-state index in [1.54, 1.807) is 12.4 Å². The van der Waals surface area contributed by atoms with Crippen LogP contribution in [0.3, 0.4) is 0 Å². The van der Waals surface area contributed by atoms with E-state index in [0.717, 1.165) is 31.8 Å². The molecular weight excluding hydrogens is 412 g/mol. The fraction of sp³-hybridized carbons (Fsp3) is 0.889. The summed E-state index contributed by atoms with van der Waals surface area (Å²) in [5.74, 6) is 0.606. The van der Waals surface area contributed by atoms with Gasteiger partial charge in [-0.25, -0.2) is 4.98 Å². The highest BCUT2D eigenvalue weighted by molar-refractivity contribution is 5.12. The van der Waals surface area contributed by atoms with E-state index in [1.807, 2.05) is 6.92 Å². The van der Waals surface area contributed by atoms with Crippen LogP contribution in [-0.4, -0.2) is 56.7 Å². The molecule has 1 saturated heterocycles. The van der Waals surface area contributed by atoms with Gasteiger partial charge < -0.3 is 15.2 Å². The van der Waals surface area contributed by atoms with Gasteiger partial charge in [0.15, 0.2) is 0 Å². The van der Waals surface area contributed by atoms with E-state index in [1.165, 1.54) is 89.9 Å². The van der Waals surface area contributed by atoms with Crippen LogP contribution >= 0.6 is 0 Å². The molecule has 0 amide bonds. The molecule has 2 heterocycles. The van der Waals surface area contributed by atoms with E-state index in [4.69, 9.17) is 0 Å². The normalized spacial score (nSPS) is 21.0. The molecule has 4 N–H and O–H groups in total. The van der Waals surface area contributed by atoms with Crippen molar-refractivity contribution in [3.8, 4) is 0 Å². The van der Waals surface area contributed by atoms with Crippen molar-refractivity contribution in [3.63, 3.8) is 0 Å². The van der Waals surface area contributed by atoms with Gasteiger partial charge in [0.05, 0.1) is 18.2 Å². The second-order valence-electron chi connectivity index (χ2n) is 10.1. The lowest BCUT2D eigenvalue weighted by Crippen LogP contribution is -2.59. The SMILES string of the molecule is CCCCCCCCCCCCCCCCCC1(C(CO)c2ncc[nH]2)NCCN1C(C)O. The van der Waals surface area contributed by atoms with E-state index in [0.29, 0.717) is 0 Å². The molecule has 0 spiro atoms. The second kappa shape index (κ2) is 16.6. The number of hydrogen-bond donors (Lipinski definition) is 4. The van der Waals surface area contributed by atoms with Gasteiger partial charge in [-0.05, 0) is 13.3 Å². The molecule has 6 heteroatoms. The fourth-order valence-corrected chi connectivity index (χ4v) is 5.64. The summed E-state index contributed by atoms with van der Waals surface area (Å²) < 4.78 is 0. The number of imidazole rings is 1. The molecule has 33 heavy (non-hydrogen) atoms. The van der Waals surface area contributed by atoms with Crippen LogP contribution in [0.5, 0.6) is 0 Å². The number of rotatable bonds is 20. The highest BCUT2D eigenvalue weighted by Gasteiger charge is 2.49. The van der Waals surface area contributed by atoms with Gasteiger partial charge in [0, 0.05) is 25.5 Å². The first kappa shape index (κ1) is 28.3. The molecule has 1 aliphatic heterocycles. The molecule has 3 unspecified atom stereocenters. The van der Waals surface area contributed by atoms with Crippen molar-refractivity contribution in [2.75, 3.05) is 19.7 Å². The van der Waals surface area contributed by atoms with E-state index in [9.17, 15) is 10.2 Å². The molecule has 0 bridgehead atoms. The van der Waals surface area contributed by atoms with Crippen molar-refractivity contribution in [1.82, 2.24) is 20.2 Å². The number of nitrogens with one attached hydrogen (secondary N) is 2. The number of aliphatic hydroxyl groups is 2. The zero-order valence-electron chi connectivity index (χ0n) is 21.5. The smallest absolute Gasteiger partial charge is 0.114 e. The quantitative estimate of drug-likeness (QED) is 0.186. The zero-order chi connectivity index (χ0) is 23.8. The van der Waals surface area contributed by atoms with Gasteiger partial charge in [0.2, 0.25) is 0 Å². The molecule has 0 aliphatic carbocycles. The molecule has 192 valence electrons. The van der Waals surface area contributed by atoms with Gasteiger partial charge in [-0.15, -0.1) is 0 Å². The summed E-state index contributed by atoms with van der Waals surface area (Å²) in [7, 11) is 0. The number of aromatic amines is 1. The Morgan fingerprint density at radius 1 is 0.939 bits per heavy atom. The van der Waals surface area contributed by atoms with E-state index >= 15 is 0 Å². The van der Waals surface area contributed by atoms with Crippen molar-refractivity contribution in [1.29, 1.82) is 0 Å². The molecule has 2 rings (SSSR count). The average Bonchev–Trinajstić information content (AvgIpc) is 3.48. The molecule has 0 saturated carbocycles. The maximum Gasteiger partial charge on any atom is 0.114 e. The van der Waals surface area contributed by atoms with E-state index in [-0.39, 0.29) is 12.5 Å². The van der Waals surface area contributed by atoms with Crippen LogP contribution < -0.4 is 5.32 Å². The average molecular weight is 465 g/mol. The van der Waals surface area contributed by atoms with Crippen molar-refractivity contribution in [2.24, 2.45) is 0 Å². The molecule has 0 radical (unpaired) electrons. The zero-order valence-corrected chi connectivity index (χ0v) is 21.5. The van der Waals surface area contributed by atoms with Crippen LogP contribution in [0.2, 0.25) is 0 Å². The minimum Gasteiger partial charge on any atom is -0.395 e. The highest BCUT2D eigenvalue weighted by atomic mass is 16.3. The minimum atomic E-state index is -0.555. The monoisotopic (exact) mass is 464 g/mol. The van der Waals surface area contributed by atoms with Crippen LogP contribution in [0.4, 0.5) is 0 Å². The molecule has 1 aromatic rings. The third-order valence-corrected chi connectivity index (χ3v) is 7.52. The van der Waals surface area contributed by atoms with Gasteiger partial charge in [-0.3, -0.25) is 10.2 Å². The third kappa shape index (κ3) is 9.31. The summed E-state index contributed by atoms with van der Waals surface area (Å²) in [4.78, 5) is 9.72. The van der Waals surface area contributed by atoms with Gasteiger partial charge >= 0.3 is 0 Å². The standard InChI is InChI=1S/C27H52N4O2/c1-3-4-5-6-7-8-9-10-11-12-13-14-15-16-17-18-27(30-21-22-31(27)24(2)33)25(23-32)26-28-19-20-29-26/h19-20,24-25,30,32-33H,3-18,21-23H2,1-2H3,(H,28,29).